The van der Waals surface area contributed by atoms with E-state index < -0.39 is 12.0 Å². The van der Waals surface area contributed by atoms with Crippen LogP contribution in [0.25, 0.3) is 0 Å². The van der Waals surface area contributed by atoms with Gasteiger partial charge in [0, 0.05) is 18.4 Å². The summed E-state index contributed by atoms with van der Waals surface area (Å²) in [5.41, 5.74) is -0.267. The van der Waals surface area contributed by atoms with Gasteiger partial charge in [0.25, 0.3) is 0 Å². The van der Waals surface area contributed by atoms with Crippen LogP contribution in [0.1, 0.15) is 29.8 Å². The van der Waals surface area contributed by atoms with Crippen molar-refractivity contribution in [2.24, 2.45) is 0 Å². The van der Waals surface area contributed by atoms with Crippen LogP contribution in [0.3, 0.4) is 0 Å². The molecule has 17 heavy (non-hydrogen) atoms. The Kier molecular flexibility index (Phi) is 3.17. The highest BCUT2D eigenvalue weighted by atomic mass is 16.4. The van der Waals surface area contributed by atoms with E-state index in [2.05, 4.69) is 20.6 Å². The first-order valence-electron chi connectivity index (χ1n) is 5.28. The molecule has 0 atom stereocenters. The van der Waals surface area contributed by atoms with E-state index in [9.17, 15) is 9.59 Å². The molecule has 1 heterocycles. The highest BCUT2D eigenvalue weighted by Crippen LogP contribution is 2.18. The molecule has 1 fully saturated rings. The maximum atomic E-state index is 11.5. The van der Waals surface area contributed by atoms with Gasteiger partial charge >= 0.3 is 12.0 Å². The number of rotatable bonds is 3. The fraction of sp³-hybridized carbons (Fsp3) is 0.400. The van der Waals surface area contributed by atoms with E-state index in [4.69, 9.17) is 5.11 Å². The van der Waals surface area contributed by atoms with Crippen LogP contribution in [0.2, 0.25) is 0 Å². The number of urea groups is 1. The lowest BCUT2D eigenvalue weighted by atomic mass is 9.93. The van der Waals surface area contributed by atoms with Crippen molar-refractivity contribution in [2.75, 3.05) is 5.32 Å². The third-order valence-corrected chi connectivity index (χ3v) is 2.57. The number of amides is 2. The van der Waals surface area contributed by atoms with Crippen LogP contribution in [0.5, 0.6) is 0 Å². The van der Waals surface area contributed by atoms with Gasteiger partial charge in [-0.2, -0.15) is 0 Å². The van der Waals surface area contributed by atoms with Crippen LogP contribution in [0.15, 0.2) is 12.4 Å². The molecule has 1 aromatic rings. The number of carbonyl (C=O) groups excluding carboxylic acids is 1. The topological polar surface area (TPSA) is 104 Å². The van der Waals surface area contributed by atoms with Gasteiger partial charge in [0.1, 0.15) is 0 Å². The maximum absolute atomic E-state index is 11.5. The largest absolute Gasteiger partial charge is 0.476 e. The molecule has 0 unspecified atom stereocenters. The van der Waals surface area contributed by atoms with E-state index in [1.165, 1.54) is 12.4 Å². The van der Waals surface area contributed by atoms with Gasteiger partial charge in [0.15, 0.2) is 11.5 Å². The number of hydrogen-bond acceptors (Lipinski definition) is 4. The highest BCUT2D eigenvalue weighted by Gasteiger charge is 2.21. The van der Waals surface area contributed by atoms with E-state index in [0.717, 1.165) is 19.3 Å². The zero-order chi connectivity index (χ0) is 12.3. The van der Waals surface area contributed by atoms with Crippen molar-refractivity contribution in [3.63, 3.8) is 0 Å². The fourth-order valence-corrected chi connectivity index (χ4v) is 1.47. The van der Waals surface area contributed by atoms with Crippen molar-refractivity contribution in [3.8, 4) is 0 Å². The van der Waals surface area contributed by atoms with Crippen LogP contribution < -0.4 is 10.6 Å². The van der Waals surface area contributed by atoms with Crippen LogP contribution >= 0.6 is 0 Å². The standard InChI is InChI=1S/C10H12N4O3/c15-9(16)7-8(12-5-4-11-7)14-10(17)13-6-2-1-3-6/h4-6H,1-3H2,(H,15,16)(H2,12,13,14,17). The normalized spacial score (nSPS) is 14.8. The Morgan fingerprint density at radius 2 is 2.00 bits per heavy atom. The van der Waals surface area contributed by atoms with Gasteiger partial charge in [-0.15, -0.1) is 0 Å². The second-order valence-corrected chi connectivity index (χ2v) is 3.78. The monoisotopic (exact) mass is 236 g/mol. The second-order valence-electron chi connectivity index (χ2n) is 3.78. The van der Waals surface area contributed by atoms with E-state index in [1.54, 1.807) is 0 Å². The first-order valence-corrected chi connectivity index (χ1v) is 5.28. The Bertz CT molecular complexity index is 445. The molecule has 1 aliphatic rings. The van der Waals surface area contributed by atoms with Crippen molar-refractivity contribution in [3.05, 3.63) is 18.1 Å². The molecule has 0 bridgehead atoms. The quantitative estimate of drug-likeness (QED) is 0.721. The first kappa shape index (κ1) is 11.3. The van der Waals surface area contributed by atoms with Crippen molar-refractivity contribution in [2.45, 2.75) is 25.3 Å². The molecule has 2 amide bonds. The summed E-state index contributed by atoms with van der Waals surface area (Å²) in [4.78, 5) is 29.7. The zero-order valence-electron chi connectivity index (χ0n) is 9.01. The molecule has 1 aliphatic carbocycles. The fourth-order valence-electron chi connectivity index (χ4n) is 1.47. The molecule has 1 saturated carbocycles. The van der Waals surface area contributed by atoms with Crippen molar-refractivity contribution in [1.29, 1.82) is 0 Å². The molecule has 0 aliphatic heterocycles. The molecule has 1 aromatic heterocycles. The molecule has 7 heteroatoms. The molecule has 7 nitrogen and oxygen atoms in total. The number of nitrogens with one attached hydrogen (secondary N) is 2. The van der Waals surface area contributed by atoms with Gasteiger partial charge in [0.2, 0.25) is 0 Å². The number of aromatic carboxylic acids is 1. The zero-order valence-corrected chi connectivity index (χ0v) is 9.01. The van der Waals surface area contributed by atoms with Gasteiger partial charge in [-0.3, -0.25) is 5.32 Å². The summed E-state index contributed by atoms with van der Waals surface area (Å²) in [7, 11) is 0. The van der Waals surface area contributed by atoms with Crippen LogP contribution in [0.4, 0.5) is 10.6 Å². The summed E-state index contributed by atoms with van der Waals surface area (Å²) >= 11 is 0. The van der Waals surface area contributed by atoms with Crippen LogP contribution in [-0.2, 0) is 0 Å². The Labute approximate surface area is 97.3 Å². The number of carboxylic acid groups (broad SMARTS) is 1. The van der Waals surface area contributed by atoms with Crippen LogP contribution in [0, 0.1) is 0 Å². The summed E-state index contributed by atoms with van der Waals surface area (Å²) in [5.74, 6) is -1.27. The summed E-state index contributed by atoms with van der Waals surface area (Å²) in [6, 6.07) is -0.266. The number of carbonyl (C=O) groups is 2. The number of aromatic nitrogens is 2. The lowest BCUT2D eigenvalue weighted by Crippen LogP contribution is -2.42. The smallest absolute Gasteiger partial charge is 0.358 e. The van der Waals surface area contributed by atoms with E-state index in [-0.39, 0.29) is 17.6 Å². The Morgan fingerprint density at radius 3 is 2.59 bits per heavy atom. The summed E-state index contributed by atoms with van der Waals surface area (Å²) in [5, 5.41) is 14.0. The highest BCUT2D eigenvalue weighted by molar-refractivity contribution is 5.97. The number of carboxylic acids is 1. The van der Waals surface area contributed by atoms with Gasteiger partial charge in [-0.05, 0) is 19.3 Å². The predicted octanol–water partition coefficient (Wildman–Crippen LogP) is 0.849. The second kappa shape index (κ2) is 4.77. The minimum Gasteiger partial charge on any atom is -0.476 e. The lowest BCUT2D eigenvalue weighted by Gasteiger charge is -2.26. The molecule has 90 valence electrons. The number of hydrogen-bond donors (Lipinski definition) is 3. The molecular weight excluding hydrogens is 224 g/mol. The molecule has 0 radical (unpaired) electrons. The summed E-state index contributed by atoms with van der Waals surface area (Å²) < 4.78 is 0. The van der Waals surface area contributed by atoms with Gasteiger partial charge < -0.3 is 10.4 Å². The van der Waals surface area contributed by atoms with E-state index >= 15 is 0 Å². The predicted molar refractivity (Wildman–Crippen MR) is 58.8 cm³/mol. The van der Waals surface area contributed by atoms with Gasteiger partial charge in [-0.1, -0.05) is 0 Å². The number of anilines is 1. The maximum Gasteiger partial charge on any atom is 0.358 e. The molecular formula is C10H12N4O3. The first-order chi connectivity index (χ1) is 8.16. The Balaban J connectivity index is 2.01. The number of nitrogens with zero attached hydrogens (tertiary/aromatic N) is 2. The van der Waals surface area contributed by atoms with Crippen molar-refractivity contribution in [1.82, 2.24) is 15.3 Å². The van der Waals surface area contributed by atoms with Gasteiger partial charge in [0.05, 0.1) is 0 Å². The Hall–Kier alpha value is -2.18. The summed E-state index contributed by atoms with van der Waals surface area (Å²) in [6.07, 6.45) is 5.61. The minimum atomic E-state index is -1.22. The third kappa shape index (κ3) is 2.68. The Morgan fingerprint density at radius 1 is 1.29 bits per heavy atom. The van der Waals surface area contributed by atoms with Crippen molar-refractivity contribution >= 4 is 17.8 Å². The van der Waals surface area contributed by atoms with Crippen LogP contribution in [-0.4, -0.2) is 33.1 Å². The van der Waals surface area contributed by atoms with E-state index in [1.807, 2.05) is 0 Å². The molecule has 0 aromatic carbocycles. The molecule has 3 N–H and O–H groups in total. The van der Waals surface area contributed by atoms with Crippen molar-refractivity contribution < 1.29 is 14.7 Å². The third-order valence-electron chi connectivity index (χ3n) is 2.57. The minimum absolute atomic E-state index is 0.0446. The average Bonchev–Trinajstić information content (AvgIpc) is 2.24. The summed E-state index contributed by atoms with van der Waals surface area (Å²) in [6.45, 7) is 0. The molecule has 0 spiro atoms. The van der Waals surface area contributed by atoms with Gasteiger partial charge in [-0.25, -0.2) is 19.6 Å². The SMILES string of the molecule is O=C(Nc1nccnc1C(=O)O)NC1CCC1. The molecule has 0 saturated heterocycles. The molecule has 2 rings (SSSR count). The average molecular weight is 236 g/mol. The van der Waals surface area contributed by atoms with E-state index in [0.29, 0.717) is 0 Å². The lowest BCUT2D eigenvalue weighted by molar-refractivity contribution is 0.0691.